The molecule has 7 heteroatoms. The Hall–Kier alpha value is -2.65. The Labute approximate surface area is 194 Å². The molecule has 0 atom stereocenters. The van der Waals surface area contributed by atoms with E-state index < -0.39 is 0 Å². The first-order valence-electron chi connectivity index (χ1n) is 9.28. The van der Waals surface area contributed by atoms with Crippen LogP contribution in [0.15, 0.2) is 72.8 Å². The number of carbonyl (C=O) groups is 1. The largest absolute Gasteiger partial charge is 0.496 e. The number of thiocarbonyl (C=S) groups is 1. The van der Waals surface area contributed by atoms with Crippen molar-refractivity contribution in [3.8, 4) is 11.5 Å². The second kappa shape index (κ2) is 10.9. The van der Waals surface area contributed by atoms with Gasteiger partial charge in [-0.15, -0.1) is 0 Å². The van der Waals surface area contributed by atoms with Crippen LogP contribution in [0, 0.1) is 3.57 Å². The van der Waals surface area contributed by atoms with Gasteiger partial charge in [-0.05, 0) is 70.7 Å². The molecule has 0 aliphatic heterocycles. The number of ether oxygens (including phenoxy) is 2. The van der Waals surface area contributed by atoms with Gasteiger partial charge in [0.05, 0.1) is 17.3 Å². The van der Waals surface area contributed by atoms with Gasteiger partial charge in [-0.2, -0.15) is 0 Å². The molecule has 30 heavy (non-hydrogen) atoms. The molecule has 0 fully saturated rings. The summed E-state index contributed by atoms with van der Waals surface area (Å²) in [4.78, 5) is 12.4. The minimum Gasteiger partial charge on any atom is -0.496 e. The highest BCUT2D eigenvalue weighted by atomic mass is 127. The summed E-state index contributed by atoms with van der Waals surface area (Å²) < 4.78 is 11.9. The fourth-order valence-electron chi connectivity index (χ4n) is 2.74. The molecule has 0 spiro atoms. The smallest absolute Gasteiger partial charge is 0.257 e. The Morgan fingerprint density at radius 1 is 1.03 bits per heavy atom. The molecule has 0 bridgehead atoms. The summed E-state index contributed by atoms with van der Waals surface area (Å²) in [6.45, 7) is 0.574. The van der Waals surface area contributed by atoms with Crippen LogP contribution in [0.2, 0.25) is 0 Å². The second-order valence-corrected chi connectivity index (χ2v) is 7.94. The first-order valence-corrected chi connectivity index (χ1v) is 10.8. The van der Waals surface area contributed by atoms with Crippen molar-refractivity contribution in [3.63, 3.8) is 0 Å². The second-order valence-electron chi connectivity index (χ2n) is 6.37. The van der Waals surface area contributed by atoms with Crippen LogP contribution in [0.25, 0.3) is 0 Å². The number of anilines is 1. The van der Waals surface area contributed by atoms with E-state index in [0.717, 1.165) is 27.2 Å². The highest BCUT2D eigenvalue weighted by Gasteiger charge is 2.11. The Morgan fingerprint density at radius 3 is 2.57 bits per heavy atom. The predicted octanol–water partition coefficient (Wildman–Crippen LogP) is 5.05. The minimum atomic E-state index is -0.289. The lowest BCUT2D eigenvalue weighted by atomic mass is 10.2. The Morgan fingerprint density at radius 2 is 1.83 bits per heavy atom. The molecule has 3 aromatic rings. The van der Waals surface area contributed by atoms with Crippen molar-refractivity contribution < 1.29 is 14.3 Å². The van der Waals surface area contributed by atoms with Crippen LogP contribution in [0.4, 0.5) is 5.69 Å². The van der Waals surface area contributed by atoms with Crippen molar-refractivity contribution in [3.05, 3.63) is 87.5 Å². The summed E-state index contributed by atoms with van der Waals surface area (Å²) in [5.74, 6) is 1.16. The number of nitrogens with one attached hydrogen (secondary N) is 2. The Bertz CT molecular complexity index is 1030. The van der Waals surface area contributed by atoms with Crippen LogP contribution in [0.1, 0.15) is 15.9 Å². The van der Waals surface area contributed by atoms with Gasteiger partial charge in [0.2, 0.25) is 0 Å². The number of carbonyl (C=O) groups excluding carboxylic acids is 1. The SMILES string of the molecule is COc1ccc(C(=O)NC(=S)Nc2cccc(OCCc3ccccc3)c2)cc1I. The van der Waals surface area contributed by atoms with Gasteiger partial charge in [0.25, 0.3) is 5.91 Å². The molecule has 2 N–H and O–H groups in total. The third-order valence-corrected chi connectivity index (χ3v) is 5.28. The average Bonchev–Trinajstić information content (AvgIpc) is 2.74. The van der Waals surface area contributed by atoms with E-state index in [1.165, 1.54) is 5.56 Å². The summed E-state index contributed by atoms with van der Waals surface area (Å²) in [6, 6.07) is 22.8. The molecule has 0 saturated carbocycles. The molecule has 1 amide bonds. The van der Waals surface area contributed by atoms with Crippen LogP contribution in [-0.2, 0) is 6.42 Å². The van der Waals surface area contributed by atoms with Gasteiger partial charge in [0.15, 0.2) is 5.11 Å². The highest BCUT2D eigenvalue weighted by molar-refractivity contribution is 14.1. The van der Waals surface area contributed by atoms with Crippen molar-refractivity contribution in [2.45, 2.75) is 6.42 Å². The van der Waals surface area contributed by atoms with E-state index in [2.05, 4.69) is 45.4 Å². The minimum absolute atomic E-state index is 0.215. The van der Waals surface area contributed by atoms with Crippen molar-refractivity contribution in [1.82, 2.24) is 5.32 Å². The van der Waals surface area contributed by atoms with Gasteiger partial charge < -0.3 is 14.8 Å². The van der Waals surface area contributed by atoms with E-state index in [0.29, 0.717) is 12.2 Å². The molecule has 3 rings (SSSR count). The number of amides is 1. The lowest BCUT2D eigenvalue weighted by molar-refractivity contribution is 0.0977. The van der Waals surface area contributed by atoms with Crippen molar-refractivity contribution >= 4 is 51.5 Å². The van der Waals surface area contributed by atoms with E-state index >= 15 is 0 Å². The summed E-state index contributed by atoms with van der Waals surface area (Å²) in [6.07, 6.45) is 0.827. The van der Waals surface area contributed by atoms with Crippen LogP contribution >= 0.6 is 34.8 Å². The number of methoxy groups -OCH3 is 1. The summed E-state index contributed by atoms with van der Waals surface area (Å²) in [5, 5.41) is 5.93. The molecule has 3 aromatic carbocycles. The molecule has 0 saturated heterocycles. The number of halogens is 1. The Balaban J connectivity index is 1.53. The van der Waals surface area contributed by atoms with E-state index in [1.54, 1.807) is 25.3 Å². The van der Waals surface area contributed by atoms with E-state index in [-0.39, 0.29) is 11.0 Å². The fourth-order valence-corrected chi connectivity index (χ4v) is 3.69. The number of rotatable bonds is 7. The zero-order chi connectivity index (χ0) is 21.3. The first kappa shape index (κ1) is 22.0. The number of benzene rings is 3. The summed E-state index contributed by atoms with van der Waals surface area (Å²) in [5.41, 5.74) is 2.47. The third kappa shape index (κ3) is 6.43. The highest BCUT2D eigenvalue weighted by Crippen LogP contribution is 2.22. The maximum atomic E-state index is 12.4. The molecule has 0 aromatic heterocycles. The number of hydrogen-bond donors (Lipinski definition) is 2. The van der Waals surface area contributed by atoms with Crippen molar-refractivity contribution in [1.29, 1.82) is 0 Å². The summed E-state index contributed by atoms with van der Waals surface area (Å²) in [7, 11) is 1.59. The maximum Gasteiger partial charge on any atom is 0.257 e. The zero-order valence-corrected chi connectivity index (χ0v) is 19.3. The van der Waals surface area contributed by atoms with Gasteiger partial charge in [-0.25, -0.2) is 0 Å². The van der Waals surface area contributed by atoms with Crippen LogP contribution in [0.5, 0.6) is 11.5 Å². The van der Waals surface area contributed by atoms with Gasteiger partial charge in [-0.1, -0.05) is 36.4 Å². The van der Waals surface area contributed by atoms with Crippen molar-refractivity contribution in [2.24, 2.45) is 0 Å². The average molecular weight is 532 g/mol. The molecular weight excluding hydrogens is 511 g/mol. The van der Waals surface area contributed by atoms with Gasteiger partial charge in [0.1, 0.15) is 11.5 Å². The molecular formula is C23H21IN2O3S. The maximum absolute atomic E-state index is 12.4. The van der Waals surface area contributed by atoms with Gasteiger partial charge >= 0.3 is 0 Å². The van der Waals surface area contributed by atoms with E-state index in [9.17, 15) is 4.79 Å². The summed E-state index contributed by atoms with van der Waals surface area (Å²) >= 11 is 7.40. The molecule has 5 nitrogen and oxygen atoms in total. The number of hydrogen-bond acceptors (Lipinski definition) is 4. The normalized spacial score (nSPS) is 10.2. The van der Waals surface area contributed by atoms with Crippen LogP contribution in [-0.4, -0.2) is 24.7 Å². The predicted molar refractivity (Wildman–Crippen MR) is 131 cm³/mol. The molecule has 0 aliphatic carbocycles. The van der Waals surface area contributed by atoms with Crippen LogP contribution < -0.4 is 20.1 Å². The van der Waals surface area contributed by atoms with E-state index in [1.807, 2.05) is 42.5 Å². The third-order valence-electron chi connectivity index (χ3n) is 4.24. The van der Waals surface area contributed by atoms with Gasteiger partial charge in [-0.3, -0.25) is 10.1 Å². The quantitative estimate of drug-likeness (QED) is 0.330. The monoisotopic (exact) mass is 532 g/mol. The zero-order valence-electron chi connectivity index (χ0n) is 16.4. The fraction of sp³-hybridized carbons (Fsp3) is 0.130. The molecule has 0 radical (unpaired) electrons. The topological polar surface area (TPSA) is 59.6 Å². The van der Waals surface area contributed by atoms with Gasteiger partial charge in [0, 0.05) is 23.7 Å². The molecule has 0 unspecified atom stereocenters. The van der Waals surface area contributed by atoms with Crippen LogP contribution in [0.3, 0.4) is 0 Å². The molecule has 0 heterocycles. The molecule has 0 aliphatic rings. The lowest BCUT2D eigenvalue weighted by Gasteiger charge is -2.12. The lowest BCUT2D eigenvalue weighted by Crippen LogP contribution is -2.34. The van der Waals surface area contributed by atoms with Crippen molar-refractivity contribution in [2.75, 3.05) is 19.0 Å². The first-order chi connectivity index (χ1) is 14.5. The Kier molecular flexibility index (Phi) is 8.04. The van der Waals surface area contributed by atoms with E-state index in [4.69, 9.17) is 21.7 Å². The molecule has 154 valence electrons. The standard InChI is InChI=1S/C23H21IN2O3S/c1-28-21-11-10-17(14-20(21)24)22(27)26-23(30)25-18-8-5-9-19(15-18)29-13-12-16-6-3-2-4-7-16/h2-11,14-15H,12-13H2,1H3,(H2,25,26,27,30).